The minimum absolute atomic E-state index is 0.0378. The number of carbonyl (C=O) groups excluding carboxylic acids is 3. The molecule has 0 saturated heterocycles. The fourth-order valence-electron chi connectivity index (χ4n) is 3.20. The molecule has 0 aliphatic carbocycles. The van der Waals surface area contributed by atoms with Gasteiger partial charge in [0, 0.05) is 12.1 Å². The molecule has 0 bridgehead atoms. The maximum atomic E-state index is 12.9. The van der Waals surface area contributed by atoms with Crippen molar-refractivity contribution in [1.82, 2.24) is 0 Å². The van der Waals surface area contributed by atoms with E-state index in [0.717, 1.165) is 4.90 Å². The van der Waals surface area contributed by atoms with Crippen molar-refractivity contribution in [1.29, 1.82) is 0 Å². The first kappa shape index (κ1) is 21.5. The summed E-state index contributed by atoms with van der Waals surface area (Å²) in [5.41, 5.74) is 0.858. The number of halogens is 2. The molecule has 160 valence electrons. The molecule has 32 heavy (non-hydrogen) atoms. The van der Waals surface area contributed by atoms with E-state index in [4.69, 9.17) is 27.9 Å². The molecule has 0 radical (unpaired) electrons. The Labute approximate surface area is 191 Å². The molecule has 0 atom stereocenters. The molecule has 3 aromatic carbocycles. The zero-order valence-electron chi connectivity index (χ0n) is 16.1. The Bertz CT molecular complexity index is 1290. The van der Waals surface area contributed by atoms with Gasteiger partial charge in [-0.3, -0.25) is 19.7 Å². The number of hydrogen-bond acceptors (Lipinski definition) is 6. The van der Waals surface area contributed by atoms with Crippen LogP contribution in [0.5, 0.6) is 0 Å². The second-order valence-corrected chi connectivity index (χ2v) is 7.56. The molecular formula is C22H12Cl2N2O6. The van der Waals surface area contributed by atoms with Crippen LogP contribution in [0.25, 0.3) is 0 Å². The van der Waals surface area contributed by atoms with E-state index in [0.29, 0.717) is 5.56 Å². The molecule has 1 aliphatic rings. The van der Waals surface area contributed by atoms with Gasteiger partial charge in [0.2, 0.25) is 0 Å². The van der Waals surface area contributed by atoms with Crippen molar-refractivity contribution in [3.05, 3.63) is 103 Å². The second kappa shape index (κ2) is 8.41. The highest BCUT2D eigenvalue weighted by Gasteiger charge is 2.38. The van der Waals surface area contributed by atoms with Crippen LogP contribution in [0, 0.1) is 10.1 Å². The first-order chi connectivity index (χ1) is 15.3. The Morgan fingerprint density at radius 3 is 2.34 bits per heavy atom. The lowest BCUT2D eigenvalue weighted by Crippen LogP contribution is -2.29. The van der Waals surface area contributed by atoms with E-state index in [-0.39, 0.29) is 44.7 Å². The summed E-state index contributed by atoms with van der Waals surface area (Å²) in [6.45, 7) is -0.120. The molecule has 3 aromatic rings. The number of esters is 1. The molecule has 0 unspecified atom stereocenters. The number of ether oxygens (including phenoxy) is 1. The molecule has 8 nitrogen and oxygen atoms in total. The summed E-state index contributed by atoms with van der Waals surface area (Å²) in [7, 11) is 0. The van der Waals surface area contributed by atoms with Crippen LogP contribution >= 0.6 is 23.2 Å². The Morgan fingerprint density at radius 1 is 0.969 bits per heavy atom. The lowest BCUT2D eigenvalue weighted by atomic mass is 10.1. The van der Waals surface area contributed by atoms with Crippen molar-refractivity contribution in [2.24, 2.45) is 0 Å². The van der Waals surface area contributed by atoms with Gasteiger partial charge in [-0.2, -0.15) is 0 Å². The lowest BCUT2D eigenvalue weighted by molar-refractivity contribution is -0.384. The van der Waals surface area contributed by atoms with Gasteiger partial charge in [-0.05, 0) is 48.0 Å². The molecule has 0 saturated carbocycles. The van der Waals surface area contributed by atoms with Gasteiger partial charge in [-0.15, -0.1) is 0 Å². The van der Waals surface area contributed by atoms with Gasteiger partial charge in [0.05, 0.1) is 37.3 Å². The fourth-order valence-corrected chi connectivity index (χ4v) is 3.58. The second-order valence-electron chi connectivity index (χ2n) is 6.78. The van der Waals surface area contributed by atoms with Gasteiger partial charge in [0.15, 0.2) is 0 Å². The summed E-state index contributed by atoms with van der Waals surface area (Å²) in [4.78, 5) is 49.2. The topological polar surface area (TPSA) is 107 Å². The molecule has 0 N–H and O–H groups in total. The van der Waals surface area contributed by atoms with Crippen molar-refractivity contribution >= 4 is 52.4 Å². The van der Waals surface area contributed by atoms with Crippen LogP contribution in [-0.2, 0) is 11.3 Å². The highest BCUT2D eigenvalue weighted by molar-refractivity contribution is 6.46. The number of carbonyl (C=O) groups is 3. The zero-order valence-corrected chi connectivity index (χ0v) is 17.6. The third kappa shape index (κ3) is 3.81. The first-order valence-electron chi connectivity index (χ1n) is 9.15. The molecule has 2 amide bonds. The Kier molecular flexibility index (Phi) is 5.65. The van der Waals surface area contributed by atoms with Gasteiger partial charge < -0.3 is 4.74 Å². The number of anilines is 1. The number of nitrogens with zero attached hydrogens (tertiary/aromatic N) is 2. The van der Waals surface area contributed by atoms with E-state index in [1.165, 1.54) is 54.6 Å². The highest BCUT2D eigenvalue weighted by Crippen LogP contribution is 2.37. The minimum Gasteiger partial charge on any atom is -0.457 e. The summed E-state index contributed by atoms with van der Waals surface area (Å²) in [6, 6.07) is 14.2. The highest BCUT2D eigenvalue weighted by atomic mass is 35.5. The molecule has 1 heterocycles. The molecular weight excluding hydrogens is 459 g/mol. The van der Waals surface area contributed by atoms with Crippen molar-refractivity contribution < 1.29 is 24.0 Å². The van der Waals surface area contributed by atoms with Crippen molar-refractivity contribution in [3.63, 3.8) is 0 Å². The number of imide groups is 1. The number of nitro benzene ring substituents is 1. The molecule has 0 fully saturated rings. The Hall–Kier alpha value is -3.75. The van der Waals surface area contributed by atoms with E-state index in [9.17, 15) is 24.5 Å². The van der Waals surface area contributed by atoms with Crippen LogP contribution in [0.2, 0.25) is 10.0 Å². The monoisotopic (exact) mass is 470 g/mol. The zero-order chi connectivity index (χ0) is 23.0. The number of non-ortho nitro benzene ring substituents is 1. The SMILES string of the molecule is O=C(OCc1ccc([N+](=O)[O-])cc1)c1ccc2c(c1)C(=O)N(c1cccc(Cl)c1Cl)C2=O. The Morgan fingerprint density at radius 2 is 1.66 bits per heavy atom. The summed E-state index contributed by atoms with van der Waals surface area (Å²) in [5.74, 6) is -1.94. The predicted octanol–water partition coefficient (Wildman–Crippen LogP) is 5.06. The Balaban J connectivity index is 1.53. The smallest absolute Gasteiger partial charge is 0.338 e. The van der Waals surface area contributed by atoms with E-state index in [2.05, 4.69) is 0 Å². The van der Waals surface area contributed by atoms with Gasteiger partial charge in [-0.1, -0.05) is 29.3 Å². The maximum absolute atomic E-state index is 12.9. The van der Waals surface area contributed by atoms with Crippen LogP contribution in [-0.4, -0.2) is 22.7 Å². The standard InChI is InChI=1S/C22H12Cl2N2O6/c23-17-2-1-3-18(19(17)24)25-20(27)15-9-6-13(10-16(15)21(25)28)22(29)32-11-12-4-7-14(8-5-12)26(30)31/h1-10H,11H2. The summed E-state index contributed by atoms with van der Waals surface area (Å²) >= 11 is 12.2. The summed E-state index contributed by atoms with van der Waals surface area (Å²) in [5, 5.41) is 11.0. The number of rotatable bonds is 5. The van der Waals surface area contributed by atoms with Gasteiger partial charge >= 0.3 is 5.97 Å². The van der Waals surface area contributed by atoms with Gasteiger partial charge in [0.1, 0.15) is 6.61 Å². The quantitative estimate of drug-likeness (QED) is 0.223. The minimum atomic E-state index is -0.717. The molecule has 0 spiro atoms. The normalized spacial score (nSPS) is 12.6. The van der Waals surface area contributed by atoms with Crippen molar-refractivity contribution in [2.75, 3.05) is 4.90 Å². The van der Waals surface area contributed by atoms with Crippen LogP contribution < -0.4 is 4.90 Å². The molecule has 0 aromatic heterocycles. The number of hydrogen-bond donors (Lipinski definition) is 0. The number of benzene rings is 3. The number of fused-ring (bicyclic) bond motifs is 1. The predicted molar refractivity (Wildman–Crippen MR) is 116 cm³/mol. The fraction of sp³-hybridized carbons (Fsp3) is 0.0455. The lowest BCUT2D eigenvalue weighted by Gasteiger charge is -2.15. The third-order valence-corrected chi connectivity index (χ3v) is 5.62. The van der Waals surface area contributed by atoms with Crippen LogP contribution in [0.15, 0.2) is 60.7 Å². The van der Waals surface area contributed by atoms with Crippen LogP contribution in [0.1, 0.15) is 36.6 Å². The van der Waals surface area contributed by atoms with Crippen LogP contribution in [0.4, 0.5) is 11.4 Å². The molecule has 10 heteroatoms. The summed E-state index contributed by atoms with van der Waals surface area (Å²) < 4.78 is 5.23. The van der Waals surface area contributed by atoms with Crippen LogP contribution in [0.3, 0.4) is 0 Å². The average Bonchev–Trinajstić information content (AvgIpc) is 3.04. The van der Waals surface area contributed by atoms with E-state index < -0.39 is 22.7 Å². The third-order valence-electron chi connectivity index (χ3n) is 4.81. The largest absolute Gasteiger partial charge is 0.457 e. The number of amides is 2. The summed E-state index contributed by atoms with van der Waals surface area (Å²) in [6.07, 6.45) is 0. The van der Waals surface area contributed by atoms with E-state index in [1.54, 1.807) is 6.07 Å². The van der Waals surface area contributed by atoms with Gasteiger partial charge in [-0.25, -0.2) is 9.69 Å². The molecule has 4 rings (SSSR count). The average molecular weight is 471 g/mol. The molecule has 1 aliphatic heterocycles. The van der Waals surface area contributed by atoms with Crippen molar-refractivity contribution in [3.8, 4) is 0 Å². The first-order valence-corrected chi connectivity index (χ1v) is 9.91. The van der Waals surface area contributed by atoms with E-state index >= 15 is 0 Å². The van der Waals surface area contributed by atoms with Crippen molar-refractivity contribution in [2.45, 2.75) is 6.61 Å². The number of nitro groups is 1. The van der Waals surface area contributed by atoms with E-state index in [1.807, 2.05) is 0 Å². The van der Waals surface area contributed by atoms with Gasteiger partial charge in [0.25, 0.3) is 17.5 Å². The maximum Gasteiger partial charge on any atom is 0.338 e.